The van der Waals surface area contributed by atoms with E-state index in [9.17, 15) is 22.8 Å². The number of aromatic nitrogens is 3. The summed E-state index contributed by atoms with van der Waals surface area (Å²) in [6, 6.07) is 17.3. The van der Waals surface area contributed by atoms with Gasteiger partial charge in [0.2, 0.25) is 5.95 Å². The van der Waals surface area contributed by atoms with E-state index in [2.05, 4.69) is 20.3 Å². The van der Waals surface area contributed by atoms with E-state index in [0.717, 1.165) is 37.0 Å². The van der Waals surface area contributed by atoms with Crippen molar-refractivity contribution >= 4 is 11.9 Å². The lowest BCUT2D eigenvalue weighted by molar-refractivity contribution is -0.137. The number of H-pyrrole nitrogens is 1. The highest BCUT2D eigenvalue weighted by Gasteiger charge is 2.31. The lowest BCUT2D eigenvalue weighted by atomic mass is 9.99. The number of pyridine rings is 1. The van der Waals surface area contributed by atoms with Crippen molar-refractivity contribution in [2.75, 3.05) is 18.4 Å². The molecule has 2 aromatic carbocycles. The molecule has 0 spiro atoms. The molecule has 1 aliphatic rings. The highest BCUT2D eigenvalue weighted by Crippen LogP contribution is 2.35. The van der Waals surface area contributed by atoms with Gasteiger partial charge in [-0.3, -0.25) is 9.59 Å². The molecule has 1 atom stereocenters. The van der Waals surface area contributed by atoms with Crippen molar-refractivity contribution in [3.63, 3.8) is 0 Å². The van der Waals surface area contributed by atoms with E-state index >= 15 is 0 Å². The van der Waals surface area contributed by atoms with Crippen LogP contribution < -0.4 is 10.9 Å². The Labute approximate surface area is 229 Å². The van der Waals surface area contributed by atoms with Gasteiger partial charge in [0.1, 0.15) is 5.56 Å². The van der Waals surface area contributed by atoms with Gasteiger partial charge in [-0.05, 0) is 61.6 Å². The number of alkyl halides is 3. The van der Waals surface area contributed by atoms with Crippen LogP contribution in [0.3, 0.4) is 0 Å². The topological polar surface area (TPSA) is 91.0 Å². The van der Waals surface area contributed by atoms with Crippen LogP contribution in [0.15, 0.2) is 77.7 Å². The summed E-state index contributed by atoms with van der Waals surface area (Å²) >= 11 is 0. The third-order valence-corrected chi connectivity index (χ3v) is 6.97. The van der Waals surface area contributed by atoms with Gasteiger partial charge in [-0.15, -0.1) is 0 Å². The Bertz CT molecular complexity index is 1560. The summed E-state index contributed by atoms with van der Waals surface area (Å²) in [4.78, 5) is 39.7. The maximum atomic E-state index is 13.5. The minimum absolute atomic E-state index is 0.0848. The Morgan fingerprint density at radius 2 is 1.75 bits per heavy atom. The molecule has 0 saturated carbocycles. The molecule has 206 valence electrons. The molecule has 2 aromatic heterocycles. The zero-order valence-corrected chi connectivity index (χ0v) is 21.8. The Kier molecular flexibility index (Phi) is 7.68. The second-order valence-corrected chi connectivity index (χ2v) is 9.77. The number of benzene rings is 2. The smallest absolute Gasteiger partial charge is 0.348 e. The van der Waals surface area contributed by atoms with Crippen molar-refractivity contribution in [3.05, 3.63) is 100.0 Å². The number of nitrogens with zero attached hydrogens (tertiary/aromatic N) is 3. The summed E-state index contributed by atoms with van der Waals surface area (Å²) in [6.45, 7) is 3.04. The third kappa shape index (κ3) is 5.90. The molecule has 0 aliphatic carbocycles. The molecule has 40 heavy (non-hydrogen) atoms. The average molecular weight is 548 g/mol. The lowest BCUT2D eigenvalue weighted by Gasteiger charge is -2.26. The average Bonchev–Trinajstić information content (AvgIpc) is 2.97. The van der Waals surface area contributed by atoms with E-state index in [1.807, 2.05) is 37.3 Å². The van der Waals surface area contributed by atoms with Crippen LogP contribution in [0.4, 0.5) is 19.1 Å². The summed E-state index contributed by atoms with van der Waals surface area (Å²) in [5.74, 6) is -0.123. The largest absolute Gasteiger partial charge is 0.416 e. The van der Waals surface area contributed by atoms with Gasteiger partial charge in [0.05, 0.1) is 23.0 Å². The maximum Gasteiger partial charge on any atom is 0.416 e. The van der Waals surface area contributed by atoms with Crippen molar-refractivity contribution in [2.45, 2.75) is 38.4 Å². The summed E-state index contributed by atoms with van der Waals surface area (Å²) in [5.41, 5.74) is 0.338. The fourth-order valence-corrected chi connectivity index (χ4v) is 4.83. The number of carbonyl (C=O) groups is 1. The number of nitrogens with one attached hydrogen (secondary N) is 2. The molecule has 1 saturated heterocycles. The third-order valence-electron chi connectivity index (χ3n) is 6.97. The fraction of sp³-hybridized carbons (Fsp3) is 0.267. The predicted octanol–water partition coefficient (Wildman–Crippen LogP) is 6.32. The Hall–Kier alpha value is -4.47. The van der Waals surface area contributed by atoms with Crippen LogP contribution in [0.5, 0.6) is 0 Å². The SMILES string of the molecule is CC(Nc1nccc(-c2cc(C(=O)N3CCCCC3)c(=O)[nH]c2-c2cccc(C(F)(F)F)c2)n1)c1ccccc1. The van der Waals surface area contributed by atoms with Crippen molar-refractivity contribution in [2.24, 2.45) is 0 Å². The summed E-state index contributed by atoms with van der Waals surface area (Å²) in [7, 11) is 0. The molecule has 10 heteroatoms. The number of hydrogen-bond donors (Lipinski definition) is 2. The number of aromatic amines is 1. The molecule has 3 heterocycles. The van der Waals surface area contributed by atoms with Crippen molar-refractivity contribution in [3.8, 4) is 22.5 Å². The van der Waals surface area contributed by atoms with Gasteiger partial charge in [0.15, 0.2) is 0 Å². The molecular weight excluding hydrogens is 519 g/mol. The van der Waals surface area contributed by atoms with Crippen LogP contribution in [0, 0.1) is 0 Å². The molecule has 1 aliphatic heterocycles. The number of likely N-dealkylation sites (tertiary alicyclic amines) is 1. The van der Waals surface area contributed by atoms with Crippen LogP contribution in [0.1, 0.15) is 53.7 Å². The first-order valence-electron chi connectivity index (χ1n) is 13.1. The number of carbonyl (C=O) groups excluding carboxylic acids is 1. The predicted molar refractivity (Wildman–Crippen MR) is 147 cm³/mol. The van der Waals surface area contributed by atoms with Crippen LogP contribution in [0.2, 0.25) is 0 Å². The first-order valence-corrected chi connectivity index (χ1v) is 13.1. The molecule has 7 nitrogen and oxygen atoms in total. The van der Waals surface area contributed by atoms with E-state index in [4.69, 9.17) is 0 Å². The quantitative estimate of drug-likeness (QED) is 0.295. The van der Waals surface area contributed by atoms with Gasteiger partial charge in [0, 0.05) is 24.8 Å². The van der Waals surface area contributed by atoms with Crippen LogP contribution in [-0.4, -0.2) is 38.8 Å². The zero-order chi connectivity index (χ0) is 28.3. The summed E-state index contributed by atoms with van der Waals surface area (Å²) in [6.07, 6.45) is -0.341. The number of halogens is 3. The lowest BCUT2D eigenvalue weighted by Crippen LogP contribution is -2.38. The molecule has 2 N–H and O–H groups in total. The van der Waals surface area contributed by atoms with E-state index in [1.165, 1.54) is 24.4 Å². The minimum atomic E-state index is -4.57. The highest BCUT2D eigenvalue weighted by atomic mass is 19.4. The number of rotatable bonds is 6. The fourth-order valence-electron chi connectivity index (χ4n) is 4.83. The standard InChI is InChI=1S/C30H28F3N5O2/c1-19(20-9-4-2-5-10-20)35-29-34-14-13-25(36-29)23-18-24(28(40)38-15-6-3-7-16-38)27(39)37-26(23)21-11-8-12-22(17-21)30(31,32)33/h2,4-5,8-14,17-19H,3,6-7,15-16H2,1H3,(H,37,39)(H,34,35,36). The molecule has 5 rings (SSSR count). The van der Waals surface area contributed by atoms with Crippen molar-refractivity contribution in [1.82, 2.24) is 19.9 Å². The molecular formula is C30H28F3N5O2. The first kappa shape index (κ1) is 27.1. The minimum Gasteiger partial charge on any atom is -0.348 e. The number of piperidine rings is 1. The van der Waals surface area contributed by atoms with E-state index in [1.54, 1.807) is 11.0 Å². The Morgan fingerprint density at radius 1 is 1.00 bits per heavy atom. The number of anilines is 1. The van der Waals surface area contributed by atoms with Gasteiger partial charge in [-0.1, -0.05) is 42.5 Å². The van der Waals surface area contributed by atoms with Crippen LogP contribution in [-0.2, 0) is 6.18 Å². The molecule has 1 unspecified atom stereocenters. The first-order chi connectivity index (χ1) is 19.2. The second-order valence-electron chi connectivity index (χ2n) is 9.77. The monoisotopic (exact) mass is 547 g/mol. The van der Waals surface area contributed by atoms with Crippen molar-refractivity contribution in [1.29, 1.82) is 0 Å². The van der Waals surface area contributed by atoms with E-state index in [0.29, 0.717) is 30.3 Å². The second kappa shape index (κ2) is 11.3. The van der Waals surface area contributed by atoms with Gasteiger partial charge in [-0.25, -0.2) is 9.97 Å². The van der Waals surface area contributed by atoms with Crippen LogP contribution >= 0.6 is 0 Å². The Balaban J connectivity index is 1.60. The van der Waals surface area contributed by atoms with Gasteiger partial charge in [-0.2, -0.15) is 13.2 Å². The Morgan fingerprint density at radius 3 is 2.48 bits per heavy atom. The zero-order valence-electron chi connectivity index (χ0n) is 21.8. The van der Waals surface area contributed by atoms with Gasteiger partial charge >= 0.3 is 6.18 Å². The molecule has 0 bridgehead atoms. The van der Waals surface area contributed by atoms with Crippen molar-refractivity contribution < 1.29 is 18.0 Å². The van der Waals surface area contributed by atoms with Gasteiger partial charge < -0.3 is 15.2 Å². The summed E-state index contributed by atoms with van der Waals surface area (Å²) < 4.78 is 40.6. The molecule has 1 amide bonds. The normalized spacial score (nSPS) is 14.6. The molecule has 1 fully saturated rings. The molecule has 0 radical (unpaired) electrons. The van der Waals surface area contributed by atoms with Crippen LogP contribution in [0.25, 0.3) is 22.5 Å². The van der Waals surface area contributed by atoms with E-state index < -0.39 is 23.2 Å². The number of amides is 1. The van der Waals surface area contributed by atoms with E-state index in [-0.39, 0.29) is 22.9 Å². The summed E-state index contributed by atoms with van der Waals surface area (Å²) in [5, 5.41) is 3.24. The number of hydrogen-bond acceptors (Lipinski definition) is 5. The van der Waals surface area contributed by atoms with Gasteiger partial charge in [0.25, 0.3) is 11.5 Å². The molecule has 4 aromatic rings. The highest BCUT2D eigenvalue weighted by molar-refractivity contribution is 5.96. The maximum absolute atomic E-state index is 13.5.